The second-order valence-electron chi connectivity index (χ2n) is 5.01. The third-order valence-corrected chi connectivity index (χ3v) is 4.22. The number of likely N-dealkylation sites (N-methyl/N-ethyl adjacent to an activating group) is 1. The number of nitrogens with zero attached hydrogens (tertiary/aromatic N) is 1. The van der Waals surface area contributed by atoms with Crippen LogP contribution in [0.3, 0.4) is 0 Å². The van der Waals surface area contributed by atoms with Crippen LogP contribution in [-0.2, 0) is 4.79 Å². The van der Waals surface area contributed by atoms with Crippen molar-refractivity contribution in [3.63, 3.8) is 0 Å². The number of ether oxygens (including phenoxy) is 1. The van der Waals surface area contributed by atoms with E-state index in [1.54, 1.807) is 12.1 Å². The van der Waals surface area contributed by atoms with Gasteiger partial charge >= 0.3 is 6.36 Å². The van der Waals surface area contributed by atoms with Crippen LogP contribution in [0, 0.1) is 0 Å². The molecule has 1 fully saturated rings. The van der Waals surface area contributed by atoms with E-state index in [9.17, 15) is 22.8 Å². The van der Waals surface area contributed by atoms with E-state index >= 15 is 0 Å². The normalized spacial score (nSPS) is 16.8. The van der Waals surface area contributed by atoms with Gasteiger partial charge in [-0.25, -0.2) is 0 Å². The lowest BCUT2D eigenvalue weighted by Crippen LogP contribution is -2.22. The Balaban J connectivity index is 1.78. The van der Waals surface area contributed by atoms with Crippen molar-refractivity contribution in [3.05, 3.63) is 47.1 Å². The molecule has 1 aliphatic rings. The van der Waals surface area contributed by atoms with E-state index in [4.69, 9.17) is 4.42 Å². The molecule has 130 valence electrons. The van der Waals surface area contributed by atoms with Crippen molar-refractivity contribution < 1.29 is 31.9 Å². The first-order chi connectivity index (χ1) is 11.7. The Morgan fingerprint density at radius 2 is 1.80 bits per heavy atom. The van der Waals surface area contributed by atoms with Crippen molar-refractivity contribution >= 4 is 29.0 Å². The molecular weight excluding hydrogens is 359 g/mol. The van der Waals surface area contributed by atoms with Gasteiger partial charge < -0.3 is 9.15 Å². The Labute approximate surface area is 144 Å². The molecule has 0 saturated carbocycles. The number of amides is 2. The van der Waals surface area contributed by atoms with Crippen molar-refractivity contribution in [2.45, 2.75) is 6.36 Å². The molecule has 0 spiro atoms. The molecule has 0 radical (unpaired) electrons. The summed E-state index contributed by atoms with van der Waals surface area (Å²) in [5.74, 6) is 0.00588. The Bertz CT molecular complexity index is 855. The van der Waals surface area contributed by atoms with Crippen molar-refractivity contribution in [2.24, 2.45) is 0 Å². The molecule has 0 bridgehead atoms. The number of halogens is 3. The third kappa shape index (κ3) is 3.87. The maximum atomic E-state index is 12.1. The first-order valence-electron chi connectivity index (χ1n) is 6.90. The van der Waals surface area contributed by atoms with Crippen molar-refractivity contribution in [1.29, 1.82) is 0 Å². The number of imide groups is 1. The number of carbonyl (C=O) groups excluding carboxylic acids is 2. The van der Waals surface area contributed by atoms with Gasteiger partial charge in [-0.1, -0.05) is 0 Å². The first kappa shape index (κ1) is 17.2. The minimum atomic E-state index is -4.75. The van der Waals surface area contributed by atoms with Crippen LogP contribution in [0.2, 0.25) is 0 Å². The zero-order valence-corrected chi connectivity index (χ0v) is 13.5. The summed E-state index contributed by atoms with van der Waals surface area (Å²) in [6.45, 7) is 0. The maximum Gasteiger partial charge on any atom is 0.573 e. The molecule has 0 unspecified atom stereocenters. The van der Waals surface area contributed by atoms with Gasteiger partial charge in [-0.15, -0.1) is 13.2 Å². The highest BCUT2D eigenvalue weighted by atomic mass is 32.2. The quantitative estimate of drug-likeness (QED) is 0.745. The number of furan rings is 1. The van der Waals surface area contributed by atoms with Gasteiger partial charge in [-0.2, -0.15) is 0 Å². The summed E-state index contributed by atoms with van der Waals surface area (Å²) < 4.78 is 45.8. The van der Waals surface area contributed by atoms with Gasteiger partial charge in [0.25, 0.3) is 11.1 Å². The van der Waals surface area contributed by atoms with Gasteiger partial charge in [0.2, 0.25) is 0 Å². The molecule has 1 aromatic heterocycles. The molecule has 2 heterocycles. The predicted molar refractivity (Wildman–Crippen MR) is 84.6 cm³/mol. The third-order valence-electron chi connectivity index (χ3n) is 3.26. The maximum absolute atomic E-state index is 12.1. The molecule has 0 atom stereocenters. The summed E-state index contributed by atoms with van der Waals surface area (Å²) in [6.07, 6.45) is -3.30. The van der Waals surface area contributed by atoms with Crippen molar-refractivity contribution in [2.75, 3.05) is 7.05 Å². The van der Waals surface area contributed by atoms with E-state index < -0.39 is 12.3 Å². The van der Waals surface area contributed by atoms with Gasteiger partial charge in [0, 0.05) is 18.7 Å². The number of benzene rings is 1. The molecule has 1 aromatic carbocycles. The Morgan fingerprint density at radius 3 is 2.36 bits per heavy atom. The molecule has 5 nitrogen and oxygen atoms in total. The summed E-state index contributed by atoms with van der Waals surface area (Å²) in [4.78, 5) is 24.5. The largest absolute Gasteiger partial charge is 0.573 e. The number of alkyl halides is 3. The minimum Gasteiger partial charge on any atom is -0.457 e. The number of rotatable bonds is 3. The smallest absolute Gasteiger partial charge is 0.457 e. The zero-order valence-electron chi connectivity index (χ0n) is 12.7. The highest BCUT2D eigenvalue weighted by Crippen LogP contribution is 2.33. The number of thioether (sulfide) groups is 1. The fraction of sp³-hybridized carbons (Fsp3) is 0.125. The van der Waals surface area contributed by atoms with Crippen molar-refractivity contribution in [1.82, 2.24) is 4.90 Å². The van der Waals surface area contributed by atoms with Crippen LogP contribution in [0.15, 0.2) is 45.7 Å². The van der Waals surface area contributed by atoms with Gasteiger partial charge in [0.1, 0.15) is 17.3 Å². The summed E-state index contributed by atoms with van der Waals surface area (Å²) >= 11 is 0.804. The van der Waals surface area contributed by atoms with E-state index in [-0.39, 0.29) is 15.9 Å². The molecule has 9 heteroatoms. The number of hydrogen-bond donors (Lipinski definition) is 0. The van der Waals surface area contributed by atoms with E-state index in [1.807, 2.05) is 0 Å². The summed E-state index contributed by atoms with van der Waals surface area (Å²) in [5.41, 5.74) is 0.540. The number of hydrogen-bond acceptors (Lipinski definition) is 5. The summed E-state index contributed by atoms with van der Waals surface area (Å²) in [7, 11) is 1.39. The van der Waals surface area contributed by atoms with Crippen LogP contribution < -0.4 is 4.74 Å². The average molecular weight is 369 g/mol. The van der Waals surface area contributed by atoms with Crippen molar-refractivity contribution in [3.8, 4) is 17.1 Å². The zero-order chi connectivity index (χ0) is 18.2. The lowest BCUT2D eigenvalue weighted by Gasteiger charge is -2.08. The van der Waals surface area contributed by atoms with E-state index in [0.29, 0.717) is 17.1 Å². The lowest BCUT2D eigenvalue weighted by atomic mass is 10.2. The fourth-order valence-corrected chi connectivity index (χ4v) is 2.89. The average Bonchev–Trinajstić information content (AvgIpc) is 3.08. The predicted octanol–water partition coefficient (Wildman–Crippen LogP) is 4.51. The Kier molecular flexibility index (Phi) is 4.34. The number of carbonyl (C=O) groups is 2. The molecule has 0 N–H and O–H groups in total. The van der Waals surface area contributed by atoms with Gasteiger partial charge in [0.15, 0.2) is 0 Å². The second-order valence-corrected chi connectivity index (χ2v) is 6.01. The fourth-order valence-electron chi connectivity index (χ4n) is 2.08. The van der Waals surface area contributed by atoms with Crippen LogP contribution in [0.5, 0.6) is 5.75 Å². The second kappa shape index (κ2) is 6.32. The van der Waals surface area contributed by atoms with E-state index in [2.05, 4.69) is 4.74 Å². The lowest BCUT2D eigenvalue weighted by molar-refractivity contribution is -0.274. The van der Waals surface area contributed by atoms with Gasteiger partial charge in [0.05, 0.1) is 4.91 Å². The monoisotopic (exact) mass is 369 g/mol. The molecule has 0 aliphatic carbocycles. The summed E-state index contributed by atoms with van der Waals surface area (Å²) in [5, 5.41) is -0.372. The topological polar surface area (TPSA) is 59.8 Å². The molecular formula is C16H10F3NO4S. The summed E-state index contributed by atoms with van der Waals surface area (Å²) in [6, 6.07) is 8.40. The SMILES string of the molecule is CN1C(=O)SC(=Cc2ccc(-c3ccc(OC(F)(F)F)cc3)o2)C1=O. The molecule has 3 rings (SSSR count). The first-order valence-corrected chi connectivity index (χ1v) is 7.72. The van der Waals surface area contributed by atoms with Crippen LogP contribution in [0.4, 0.5) is 18.0 Å². The molecule has 1 aliphatic heterocycles. The van der Waals surface area contributed by atoms with Crippen LogP contribution >= 0.6 is 11.8 Å². The van der Waals surface area contributed by atoms with E-state index in [1.165, 1.54) is 37.4 Å². The van der Waals surface area contributed by atoms with Crippen LogP contribution in [-0.4, -0.2) is 29.5 Å². The highest BCUT2D eigenvalue weighted by Gasteiger charge is 2.32. The standard InChI is InChI=1S/C16H10F3NO4S/c1-20-14(21)13(25-15(20)22)8-11-6-7-12(23-11)9-2-4-10(5-3-9)24-16(17,18)19/h2-8H,1H3. The van der Waals surface area contributed by atoms with Crippen LogP contribution in [0.1, 0.15) is 5.76 Å². The molecule has 2 aromatic rings. The molecule has 2 amide bonds. The van der Waals surface area contributed by atoms with Gasteiger partial charge in [-0.05, 0) is 48.2 Å². The van der Waals surface area contributed by atoms with Gasteiger partial charge in [-0.3, -0.25) is 14.5 Å². The molecule has 25 heavy (non-hydrogen) atoms. The minimum absolute atomic E-state index is 0.238. The Morgan fingerprint density at radius 1 is 1.12 bits per heavy atom. The molecule has 1 saturated heterocycles. The van der Waals surface area contributed by atoms with E-state index in [0.717, 1.165) is 16.7 Å². The van der Waals surface area contributed by atoms with Crippen LogP contribution in [0.25, 0.3) is 17.4 Å². The Hall–Kier alpha value is -2.68. The highest BCUT2D eigenvalue weighted by molar-refractivity contribution is 8.18.